The van der Waals surface area contributed by atoms with Gasteiger partial charge in [-0.3, -0.25) is 4.57 Å². The molecule has 7 nitrogen and oxygen atoms in total. The van der Waals surface area contributed by atoms with E-state index in [9.17, 15) is 4.39 Å². The van der Waals surface area contributed by atoms with E-state index in [4.69, 9.17) is 32.6 Å². The lowest BCUT2D eigenvalue weighted by Crippen LogP contribution is -2.20. The molecule has 2 heterocycles. The number of hydrogen-bond donors (Lipinski definition) is 1. The summed E-state index contributed by atoms with van der Waals surface area (Å²) in [4.78, 5) is 7.01. The molecule has 0 aliphatic heterocycles. The van der Waals surface area contributed by atoms with Crippen molar-refractivity contribution in [1.82, 2.24) is 24.6 Å². The standard InChI is InChI=1S/C27H28Cl2F2N6O/c1-36(2)14-13-32-27-35-34-26(38-27)23-24(17-11-12-20(30)19(29)15-17)37(21-10-6-9-18(28)22(21)31)25(33-23)16-7-4-3-5-8-16/h6,9-12,15-16H,3-5,7-8,13-14H2,1-2H3,(H,32,35). The molecule has 0 saturated heterocycles. The second-order valence-corrected chi connectivity index (χ2v) is 10.5. The van der Waals surface area contributed by atoms with E-state index in [1.165, 1.54) is 18.2 Å². The molecule has 11 heteroatoms. The quantitative estimate of drug-likeness (QED) is 0.246. The number of nitrogens with one attached hydrogen (secondary N) is 1. The minimum atomic E-state index is -0.582. The SMILES string of the molecule is CN(C)CCNc1nnc(-c2nc(C3CCCCC3)n(-c3cccc(Cl)c3F)c2-c2ccc(F)c(Cl)c2)o1. The van der Waals surface area contributed by atoms with Crippen LogP contribution >= 0.6 is 23.2 Å². The molecule has 1 saturated carbocycles. The average molecular weight is 561 g/mol. The van der Waals surface area contributed by atoms with Gasteiger partial charge in [0.25, 0.3) is 5.89 Å². The Kier molecular flexibility index (Phi) is 7.97. The minimum Gasteiger partial charge on any atom is -0.402 e. The molecule has 1 aliphatic carbocycles. The average Bonchev–Trinajstić information content (AvgIpc) is 3.53. The van der Waals surface area contributed by atoms with Crippen LogP contribution in [0.4, 0.5) is 14.8 Å². The summed E-state index contributed by atoms with van der Waals surface area (Å²) in [5.41, 5.74) is 1.59. The first kappa shape index (κ1) is 26.6. The Morgan fingerprint density at radius 3 is 2.58 bits per heavy atom. The van der Waals surface area contributed by atoms with E-state index >= 15 is 4.39 Å². The van der Waals surface area contributed by atoms with Crippen LogP contribution in [-0.2, 0) is 0 Å². The van der Waals surface area contributed by atoms with Crippen molar-refractivity contribution in [1.29, 1.82) is 0 Å². The van der Waals surface area contributed by atoms with E-state index < -0.39 is 11.6 Å². The maximum Gasteiger partial charge on any atom is 0.315 e. The third-order valence-electron chi connectivity index (χ3n) is 6.70. The van der Waals surface area contributed by atoms with Crippen LogP contribution < -0.4 is 5.32 Å². The molecular formula is C27H28Cl2F2N6O. The highest BCUT2D eigenvalue weighted by molar-refractivity contribution is 6.31. The molecule has 0 amide bonds. The number of halogens is 4. The predicted molar refractivity (Wildman–Crippen MR) is 145 cm³/mol. The summed E-state index contributed by atoms with van der Waals surface area (Å²) in [6, 6.07) is 9.42. The Labute approximate surface area is 229 Å². The number of aromatic nitrogens is 4. The van der Waals surface area contributed by atoms with Crippen LogP contribution in [0, 0.1) is 11.6 Å². The fourth-order valence-corrected chi connectivity index (χ4v) is 5.17. The highest BCUT2D eigenvalue weighted by Gasteiger charge is 2.31. The van der Waals surface area contributed by atoms with E-state index in [1.54, 1.807) is 22.8 Å². The molecule has 200 valence electrons. The Hall–Kier alpha value is -3.01. The molecule has 1 aliphatic rings. The van der Waals surface area contributed by atoms with Gasteiger partial charge in [-0.1, -0.05) is 53.6 Å². The molecule has 2 aromatic carbocycles. The molecule has 2 aromatic heterocycles. The summed E-state index contributed by atoms with van der Waals surface area (Å²) in [7, 11) is 3.94. The fraction of sp³-hybridized carbons (Fsp3) is 0.370. The number of hydrogen-bond acceptors (Lipinski definition) is 6. The molecule has 1 N–H and O–H groups in total. The zero-order valence-corrected chi connectivity index (χ0v) is 22.7. The monoisotopic (exact) mass is 560 g/mol. The zero-order chi connectivity index (χ0) is 26.8. The number of likely N-dealkylation sites (N-methyl/N-ethyl adjacent to an activating group) is 1. The summed E-state index contributed by atoms with van der Waals surface area (Å²) in [5, 5.41) is 11.4. The Morgan fingerprint density at radius 1 is 1.05 bits per heavy atom. The topological polar surface area (TPSA) is 72.0 Å². The van der Waals surface area contributed by atoms with Crippen LogP contribution in [0.3, 0.4) is 0 Å². The third-order valence-corrected chi connectivity index (χ3v) is 7.28. The van der Waals surface area contributed by atoms with E-state index in [0.717, 1.165) is 38.6 Å². The lowest BCUT2D eigenvalue weighted by atomic mass is 9.88. The van der Waals surface area contributed by atoms with Gasteiger partial charge >= 0.3 is 6.01 Å². The summed E-state index contributed by atoms with van der Waals surface area (Å²) in [6.07, 6.45) is 5.04. The van der Waals surface area contributed by atoms with Gasteiger partial charge in [0.1, 0.15) is 11.6 Å². The Balaban J connectivity index is 1.73. The molecule has 4 aromatic rings. The number of benzene rings is 2. The van der Waals surface area contributed by atoms with Gasteiger partial charge in [0.05, 0.1) is 21.4 Å². The van der Waals surface area contributed by atoms with Gasteiger partial charge in [-0.05, 0) is 57.3 Å². The van der Waals surface area contributed by atoms with Crippen molar-refractivity contribution >= 4 is 29.2 Å². The van der Waals surface area contributed by atoms with Gasteiger partial charge in [0.2, 0.25) is 0 Å². The molecule has 0 bridgehead atoms. The number of rotatable bonds is 8. The van der Waals surface area contributed by atoms with Crippen LogP contribution in [0.1, 0.15) is 43.8 Å². The van der Waals surface area contributed by atoms with E-state index in [-0.39, 0.29) is 33.6 Å². The van der Waals surface area contributed by atoms with Gasteiger partial charge < -0.3 is 14.6 Å². The van der Waals surface area contributed by atoms with E-state index in [2.05, 4.69) is 15.5 Å². The molecule has 38 heavy (non-hydrogen) atoms. The van der Waals surface area contributed by atoms with Crippen molar-refractivity contribution in [3.63, 3.8) is 0 Å². The molecule has 0 atom stereocenters. The van der Waals surface area contributed by atoms with Crippen molar-refractivity contribution < 1.29 is 13.2 Å². The normalized spacial score (nSPS) is 14.4. The first-order valence-electron chi connectivity index (χ1n) is 12.6. The lowest BCUT2D eigenvalue weighted by Gasteiger charge is -2.23. The first-order valence-corrected chi connectivity index (χ1v) is 13.3. The predicted octanol–water partition coefficient (Wildman–Crippen LogP) is 7.20. The third kappa shape index (κ3) is 5.41. The van der Waals surface area contributed by atoms with E-state index in [0.29, 0.717) is 29.3 Å². The second kappa shape index (κ2) is 11.4. The molecule has 1 fully saturated rings. The molecule has 0 unspecified atom stereocenters. The van der Waals surface area contributed by atoms with Crippen LogP contribution in [0.5, 0.6) is 0 Å². The maximum atomic E-state index is 15.6. The van der Waals surface area contributed by atoms with Crippen LogP contribution in [0.15, 0.2) is 40.8 Å². The van der Waals surface area contributed by atoms with Gasteiger partial charge in [0.15, 0.2) is 11.5 Å². The maximum absolute atomic E-state index is 15.6. The second-order valence-electron chi connectivity index (χ2n) is 9.68. The molecule has 5 rings (SSSR count). The number of nitrogens with zero attached hydrogens (tertiary/aromatic N) is 5. The lowest BCUT2D eigenvalue weighted by molar-refractivity contribution is 0.422. The number of imidazole rings is 1. The van der Waals surface area contributed by atoms with Crippen LogP contribution in [0.25, 0.3) is 28.5 Å². The Bertz CT molecular complexity index is 1430. The van der Waals surface area contributed by atoms with E-state index in [1.807, 2.05) is 19.0 Å². The van der Waals surface area contributed by atoms with Gasteiger partial charge in [-0.2, -0.15) is 0 Å². The van der Waals surface area contributed by atoms with Crippen molar-refractivity contribution in [3.05, 3.63) is 63.9 Å². The zero-order valence-electron chi connectivity index (χ0n) is 21.1. The molecule has 0 radical (unpaired) electrons. The summed E-state index contributed by atoms with van der Waals surface area (Å²) in [6.45, 7) is 1.37. The Morgan fingerprint density at radius 2 is 1.84 bits per heavy atom. The van der Waals surface area contributed by atoms with Crippen molar-refractivity contribution in [2.45, 2.75) is 38.0 Å². The van der Waals surface area contributed by atoms with Crippen LogP contribution in [-0.4, -0.2) is 51.8 Å². The largest absolute Gasteiger partial charge is 0.402 e. The van der Waals surface area contributed by atoms with Crippen LogP contribution in [0.2, 0.25) is 10.0 Å². The first-order chi connectivity index (χ1) is 18.3. The van der Waals surface area contributed by atoms with Crippen molar-refractivity contribution in [2.24, 2.45) is 0 Å². The summed E-state index contributed by atoms with van der Waals surface area (Å²) < 4.78 is 37.4. The number of anilines is 1. The smallest absolute Gasteiger partial charge is 0.315 e. The molecule has 0 spiro atoms. The minimum absolute atomic E-state index is 0.0133. The highest BCUT2D eigenvalue weighted by atomic mass is 35.5. The molecular weight excluding hydrogens is 533 g/mol. The van der Waals surface area contributed by atoms with Gasteiger partial charge in [0, 0.05) is 24.6 Å². The fourth-order valence-electron chi connectivity index (χ4n) is 4.82. The summed E-state index contributed by atoms with van der Waals surface area (Å²) >= 11 is 12.4. The van der Waals surface area contributed by atoms with Crippen molar-refractivity contribution in [3.8, 4) is 28.5 Å². The van der Waals surface area contributed by atoms with Gasteiger partial charge in [-0.25, -0.2) is 13.8 Å². The van der Waals surface area contributed by atoms with Crippen molar-refractivity contribution in [2.75, 3.05) is 32.5 Å². The summed E-state index contributed by atoms with van der Waals surface area (Å²) in [5.74, 6) is -0.246. The highest BCUT2D eigenvalue weighted by Crippen LogP contribution is 2.42. The van der Waals surface area contributed by atoms with Gasteiger partial charge in [-0.15, -0.1) is 5.10 Å².